The first-order valence-electron chi connectivity index (χ1n) is 2.97. The maximum atomic E-state index is 12.3. The van der Waals surface area contributed by atoms with E-state index in [1.54, 1.807) is 6.92 Å². The van der Waals surface area contributed by atoms with Gasteiger partial charge >= 0.3 is 0 Å². The van der Waals surface area contributed by atoms with Crippen molar-refractivity contribution in [1.82, 2.24) is 0 Å². The lowest BCUT2D eigenvalue weighted by atomic mass is 10.2. The van der Waals surface area contributed by atoms with Gasteiger partial charge in [-0.1, -0.05) is 20.1 Å². The molecule has 10 heavy (non-hydrogen) atoms. The van der Waals surface area contributed by atoms with Crippen molar-refractivity contribution in [2.75, 3.05) is 0 Å². The highest BCUT2D eigenvalue weighted by atomic mass is 19.1. The molecule has 0 aromatic rings. The zero-order valence-corrected chi connectivity index (χ0v) is 5.95. The predicted molar refractivity (Wildman–Crippen MR) is 38.9 cm³/mol. The summed E-state index contributed by atoms with van der Waals surface area (Å²) >= 11 is 0. The smallest absolute Gasteiger partial charge is 0.119 e. The van der Waals surface area contributed by atoms with Crippen molar-refractivity contribution in [2.45, 2.75) is 13.3 Å². The first kappa shape index (κ1) is 9.08. The molecule has 0 bridgehead atoms. The summed E-state index contributed by atoms with van der Waals surface area (Å²) in [7, 11) is 0. The molecule has 0 aliphatic carbocycles. The molecule has 0 aliphatic heterocycles. The molecular formula is C8H10F2. The fourth-order valence-corrected chi connectivity index (χ4v) is 0.561. The van der Waals surface area contributed by atoms with Crippen molar-refractivity contribution in [1.29, 1.82) is 0 Å². The molecule has 0 saturated heterocycles. The van der Waals surface area contributed by atoms with Crippen molar-refractivity contribution in [2.24, 2.45) is 0 Å². The molecule has 0 aliphatic rings. The highest BCUT2D eigenvalue weighted by molar-refractivity contribution is 5.27. The van der Waals surface area contributed by atoms with E-state index in [1.807, 2.05) is 0 Å². The molecule has 0 nitrogen and oxygen atoms in total. The van der Waals surface area contributed by atoms with Gasteiger partial charge in [0, 0.05) is 0 Å². The van der Waals surface area contributed by atoms with E-state index in [2.05, 4.69) is 13.2 Å². The number of halogens is 2. The van der Waals surface area contributed by atoms with Crippen molar-refractivity contribution in [3.05, 3.63) is 36.5 Å². The summed E-state index contributed by atoms with van der Waals surface area (Å²) in [4.78, 5) is 0. The van der Waals surface area contributed by atoms with Crippen molar-refractivity contribution in [3.8, 4) is 0 Å². The Balaban J connectivity index is 4.34. The lowest BCUT2D eigenvalue weighted by molar-refractivity contribution is 0.636. The van der Waals surface area contributed by atoms with Crippen LogP contribution in [0.5, 0.6) is 0 Å². The van der Waals surface area contributed by atoms with Gasteiger partial charge in [0.15, 0.2) is 0 Å². The maximum Gasteiger partial charge on any atom is 0.119 e. The Morgan fingerprint density at radius 1 is 1.40 bits per heavy atom. The third kappa shape index (κ3) is 3.17. The van der Waals surface area contributed by atoms with Crippen LogP contribution in [0, 0.1) is 0 Å². The minimum absolute atomic E-state index is 0.257. The molecule has 56 valence electrons. The zero-order chi connectivity index (χ0) is 8.15. The standard InChI is InChI=1S/C8H10F2/c1-4-8(7(3)10)5-6(2)9/h5H,2-4H2,1H3/b8-5-. The molecule has 0 N–H and O–H groups in total. The molecule has 0 spiro atoms. The molecule has 0 radical (unpaired) electrons. The van der Waals surface area contributed by atoms with Crippen LogP contribution in [0.3, 0.4) is 0 Å². The van der Waals surface area contributed by atoms with E-state index in [-0.39, 0.29) is 5.57 Å². The van der Waals surface area contributed by atoms with Gasteiger partial charge in [0.2, 0.25) is 0 Å². The quantitative estimate of drug-likeness (QED) is 0.533. The van der Waals surface area contributed by atoms with Crippen LogP contribution < -0.4 is 0 Å². The third-order valence-corrected chi connectivity index (χ3v) is 1.06. The lowest BCUT2D eigenvalue weighted by Gasteiger charge is -1.96. The Morgan fingerprint density at radius 2 is 1.90 bits per heavy atom. The largest absolute Gasteiger partial charge is 0.208 e. The first-order valence-corrected chi connectivity index (χ1v) is 2.97. The Hall–Kier alpha value is -0.920. The van der Waals surface area contributed by atoms with Gasteiger partial charge in [-0.3, -0.25) is 0 Å². The Labute approximate surface area is 59.6 Å². The van der Waals surface area contributed by atoms with Crippen LogP contribution in [-0.4, -0.2) is 0 Å². The summed E-state index contributed by atoms with van der Waals surface area (Å²) in [5.74, 6) is -1.24. The van der Waals surface area contributed by atoms with Crippen molar-refractivity contribution >= 4 is 0 Å². The van der Waals surface area contributed by atoms with Gasteiger partial charge < -0.3 is 0 Å². The second-order valence-electron chi connectivity index (χ2n) is 1.87. The fraction of sp³-hybridized carbons (Fsp3) is 0.250. The highest BCUT2D eigenvalue weighted by Gasteiger charge is 1.98. The first-order chi connectivity index (χ1) is 4.57. The van der Waals surface area contributed by atoms with Gasteiger partial charge in [-0.05, 0) is 18.1 Å². The molecule has 0 heterocycles. The monoisotopic (exact) mass is 144 g/mol. The van der Waals surface area contributed by atoms with E-state index in [0.29, 0.717) is 6.42 Å². The average molecular weight is 144 g/mol. The third-order valence-electron chi connectivity index (χ3n) is 1.06. The van der Waals surface area contributed by atoms with Crippen LogP contribution in [0.4, 0.5) is 8.78 Å². The van der Waals surface area contributed by atoms with Crippen molar-refractivity contribution < 1.29 is 8.78 Å². The molecule has 0 aromatic heterocycles. The molecular weight excluding hydrogens is 134 g/mol. The number of hydrogen-bond donors (Lipinski definition) is 0. The van der Waals surface area contributed by atoms with Gasteiger partial charge in [-0.15, -0.1) is 0 Å². The Kier molecular flexibility index (Phi) is 3.62. The molecule has 0 unspecified atom stereocenters. The number of allylic oxidation sites excluding steroid dienone is 4. The molecule has 2 heteroatoms. The van der Waals surface area contributed by atoms with E-state index in [9.17, 15) is 8.78 Å². The van der Waals surface area contributed by atoms with Crippen LogP contribution in [0.2, 0.25) is 0 Å². The normalized spacial score (nSPS) is 11.3. The number of rotatable bonds is 3. The SMILES string of the molecule is C=C(F)/C=C(/CC)C(=C)F. The van der Waals surface area contributed by atoms with E-state index in [0.717, 1.165) is 6.08 Å². The summed E-state index contributed by atoms with van der Waals surface area (Å²) in [5.41, 5.74) is 0.257. The van der Waals surface area contributed by atoms with Crippen LogP contribution in [-0.2, 0) is 0 Å². The minimum atomic E-state index is -0.643. The second kappa shape index (κ2) is 3.99. The summed E-state index contributed by atoms with van der Waals surface area (Å²) in [5, 5.41) is 0. The molecule has 0 rings (SSSR count). The van der Waals surface area contributed by atoms with Gasteiger partial charge in [0.1, 0.15) is 11.7 Å². The van der Waals surface area contributed by atoms with E-state index in [1.165, 1.54) is 0 Å². The highest BCUT2D eigenvalue weighted by Crippen LogP contribution is 2.15. The van der Waals surface area contributed by atoms with E-state index < -0.39 is 11.7 Å². The van der Waals surface area contributed by atoms with E-state index >= 15 is 0 Å². The fourth-order valence-electron chi connectivity index (χ4n) is 0.561. The van der Waals surface area contributed by atoms with Crippen LogP contribution >= 0.6 is 0 Å². The molecule has 0 aromatic carbocycles. The zero-order valence-electron chi connectivity index (χ0n) is 5.95. The van der Waals surface area contributed by atoms with Gasteiger partial charge in [0.25, 0.3) is 0 Å². The second-order valence-corrected chi connectivity index (χ2v) is 1.87. The Morgan fingerprint density at radius 3 is 2.00 bits per heavy atom. The Bertz CT molecular complexity index is 178. The topological polar surface area (TPSA) is 0 Å². The molecule has 0 fully saturated rings. The summed E-state index contributed by atoms with van der Waals surface area (Å²) in [6.45, 7) is 7.73. The van der Waals surface area contributed by atoms with Crippen LogP contribution in [0.25, 0.3) is 0 Å². The maximum absolute atomic E-state index is 12.3. The summed E-state index contributed by atoms with van der Waals surface area (Å²) in [6.07, 6.45) is 1.47. The van der Waals surface area contributed by atoms with Crippen LogP contribution in [0.1, 0.15) is 13.3 Å². The average Bonchev–Trinajstić information content (AvgIpc) is 1.81. The predicted octanol–water partition coefficient (Wildman–Crippen LogP) is 3.29. The molecule has 0 atom stereocenters. The minimum Gasteiger partial charge on any atom is -0.208 e. The molecule has 0 amide bonds. The summed E-state index contributed by atoms with van der Waals surface area (Å²) < 4.78 is 24.3. The number of hydrogen-bond acceptors (Lipinski definition) is 0. The lowest BCUT2D eigenvalue weighted by Crippen LogP contribution is -1.79. The van der Waals surface area contributed by atoms with E-state index in [4.69, 9.17) is 0 Å². The summed E-state index contributed by atoms with van der Waals surface area (Å²) in [6, 6.07) is 0. The van der Waals surface area contributed by atoms with Gasteiger partial charge in [-0.25, -0.2) is 8.78 Å². The van der Waals surface area contributed by atoms with Crippen molar-refractivity contribution in [3.63, 3.8) is 0 Å². The van der Waals surface area contributed by atoms with Gasteiger partial charge in [-0.2, -0.15) is 0 Å². The van der Waals surface area contributed by atoms with Crippen LogP contribution in [0.15, 0.2) is 36.5 Å². The van der Waals surface area contributed by atoms with Gasteiger partial charge in [0.05, 0.1) is 0 Å². The molecule has 0 saturated carbocycles.